The molecule has 0 amide bonds. The van der Waals surface area contributed by atoms with Crippen LogP contribution >= 0.6 is 0 Å². The van der Waals surface area contributed by atoms with Crippen LogP contribution in [0.15, 0.2) is 17.0 Å². The largest absolute Gasteiger partial charge is 0.362 e. The van der Waals surface area contributed by atoms with Gasteiger partial charge in [-0.3, -0.25) is 0 Å². The lowest BCUT2D eigenvalue weighted by Crippen LogP contribution is -1.81. The van der Waals surface area contributed by atoms with Gasteiger partial charge in [-0.05, 0) is 19.9 Å². The van der Waals surface area contributed by atoms with Crippen LogP contribution in [0.1, 0.15) is 41.0 Å². The zero-order valence-corrected chi connectivity index (χ0v) is 8.22. The molecule has 0 aromatic rings. The van der Waals surface area contributed by atoms with Crippen molar-refractivity contribution in [3.05, 3.63) is 11.8 Å². The highest BCUT2D eigenvalue weighted by atomic mass is 16.6. The minimum absolute atomic E-state index is 0.897. The van der Waals surface area contributed by atoms with Crippen LogP contribution in [0.5, 0.6) is 0 Å². The van der Waals surface area contributed by atoms with Crippen molar-refractivity contribution in [2.45, 2.75) is 41.0 Å². The molecule has 66 valence electrons. The van der Waals surface area contributed by atoms with E-state index >= 15 is 0 Å². The normalized spacial score (nSPS) is 10.8. The summed E-state index contributed by atoms with van der Waals surface area (Å²) in [6.45, 7) is 9.79. The van der Waals surface area contributed by atoms with Gasteiger partial charge in [0.25, 0.3) is 0 Å². The van der Waals surface area contributed by atoms with Crippen molar-refractivity contribution < 1.29 is 4.84 Å². The predicted octanol–water partition coefficient (Wildman–Crippen LogP) is 3.35. The number of nitrogens with zero attached hydrogens (tertiary/aromatic N) is 1. The van der Waals surface area contributed by atoms with Crippen LogP contribution < -0.4 is 0 Å². The summed E-state index contributed by atoms with van der Waals surface area (Å²) in [6, 6.07) is 0. The van der Waals surface area contributed by atoms with Gasteiger partial charge >= 0.3 is 0 Å². The highest BCUT2D eigenvalue weighted by Crippen LogP contribution is 2.01. The molecular formula is C9H19NO. The first kappa shape index (κ1) is 12.8. The third-order valence-electron chi connectivity index (χ3n) is 0.946. The molecule has 0 aromatic heterocycles. The van der Waals surface area contributed by atoms with Crippen LogP contribution in [0.25, 0.3) is 0 Å². The highest BCUT2D eigenvalue weighted by molar-refractivity contribution is 5.52. The third-order valence-corrected chi connectivity index (χ3v) is 0.946. The number of allylic oxidation sites excluding steroid dienone is 2. The number of oxime groups is 1. The van der Waals surface area contributed by atoms with E-state index in [4.69, 9.17) is 4.84 Å². The lowest BCUT2D eigenvalue weighted by Gasteiger charge is -1.97. The molecule has 0 rings (SSSR count). The third kappa shape index (κ3) is 9.21. The second kappa shape index (κ2) is 11.9. The molecule has 0 saturated carbocycles. The van der Waals surface area contributed by atoms with Gasteiger partial charge in [-0.1, -0.05) is 25.9 Å². The summed E-state index contributed by atoms with van der Waals surface area (Å²) in [5, 5.41) is 3.62. The summed E-state index contributed by atoms with van der Waals surface area (Å²) in [5.41, 5.74) is 0. The van der Waals surface area contributed by atoms with E-state index in [-0.39, 0.29) is 0 Å². The zero-order valence-electron chi connectivity index (χ0n) is 8.22. The number of rotatable bonds is 3. The molecule has 0 heterocycles. The van der Waals surface area contributed by atoms with Crippen molar-refractivity contribution in [3.63, 3.8) is 0 Å². The van der Waals surface area contributed by atoms with Gasteiger partial charge in [0, 0.05) is 12.6 Å². The molecule has 0 radical (unpaired) electrons. The maximum atomic E-state index is 4.92. The Hall–Kier alpha value is -0.790. The summed E-state index contributed by atoms with van der Waals surface area (Å²) in [4.78, 5) is 4.92. The second-order valence-corrected chi connectivity index (χ2v) is 1.56. The first-order valence-corrected chi connectivity index (χ1v) is 4.15. The quantitative estimate of drug-likeness (QED) is 0.350. The van der Waals surface area contributed by atoms with Crippen molar-refractivity contribution in [2.75, 3.05) is 0 Å². The van der Waals surface area contributed by atoms with E-state index in [1.54, 1.807) is 6.21 Å². The van der Waals surface area contributed by atoms with E-state index in [0.29, 0.717) is 0 Å². The van der Waals surface area contributed by atoms with Crippen LogP contribution in [0.2, 0.25) is 0 Å². The fourth-order valence-corrected chi connectivity index (χ4v) is 0.442. The Morgan fingerprint density at radius 3 is 2.18 bits per heavy atom. The Morgan fingerprint density at radius 1 is 1.36 bits per heavy atom. The standard InChI is InChI=1S/C7H13NO.C2H6/c1-4-7(5-2)9-8-6-3;1-2/h4,6H,5H2,1-3H3;1-2H3/b7-4-,8-6-;. The SMILES string of the molecule is C/C=N\O/C(=C\C)CC.CC. The molecule has 2 heteroatoms. The van der Waals surface area contributed by atoms with Gasteiger partial charge in [-0.25, -0.2) is 0 Å². The molecule has 11 heavy (non-hydrogen) atoms. The lowest BCUT2D eigenvalue weighted by atomic mass is 10.4. The predicted molar refractivity (Wildman–Crippen MR) is 50.6 cm³/mol. The minimum Gasteiger partial charge on any atom is -0.362 e. The van der Waals surface area contributed by atoms with Crippen LogP contribution in [-0.4, -0.2) is 6.21 Å². The van der Waals surface area contributed by atoms with Crippen LogP contribution in [-0.2, 0) is 4.84 Å². The smallest absolute Gasteiger partial charge is 0.130 e. The lowest BCUT2D eigenvalue weighted by molar-refractivity contribution is 0.220. The molecule has 0 aromatic carbocycles. The summed E-state index contributed by atoms with van der Waals surface area (Å²) < 4.78 is 0. The number of hydrogen-bond acceptors (Lipinski definition) is 2. The summed E-state index contributed by atoms with van der Waals surface area (Å²) in [7, 11) is 0. The van der Waals surface area contributed by atoms with Crippen LogP contribution in [0.4, 0.5) is 0 Å². The molecule has 0 aliphatic carbocycles. The topological polar surface area (TPSA) is 21.6 Å². The van der Waals surface area contributed by atoms with Gasteiger partial charge < -0.3 is 4.84 Å². The molecular weight excluding hydrogens is 138 g/mol. The minimum atomic E-state index is 0.897. The molecule has 0 saturated heterocycles. The summed E-state index contributed by atoms with van der Waals surface area (Å²) in [6.07, 6.45) is 4.43. The maximum absolute atomic E-state index is 4.92. The van der Waals surface area contributed by atoms with E-state index < -0.39 is 0 Å². The average molecular weight is 157 g/mol. The van der Waals surface area contributed by atoms with Gasteiger partial charge in [0.05, 0.1) is 0 Å². The Kier molecular flexibility index (Phi) is 13.9. The molecule has 2 nitrogen and oxygen atoms in total. The molecule has 0 unspecified atom stereocenters. The van der Waals surface area contributed by atoms with E-state index in [1.807, 2.05) is 40.7 Å². The molecule has 0 N–H and O–H groups in total. The van der Waals surface area contributed by atoms with Crippen molar-refractivity contribution in [2.24, 2.45) is 5.16 Å². The first-order valence-electron chi connectivity index (χ1n) is 4.15. The van der Waals surface area contributed by atoms with Crippen molar-refractivity contribution in [3.8, 4) is 0 Å². The number of hydrogen-bond donors (Lipinski definition) is 0. The van der Waals surface area contributed by atoms with Crippen molar-refractivity contribution >= 4 is 6.21 Å². The zero-order chi connectivity index (χ0) is 9.11. The Morgan fingerprint density at radius 2 is 1.91 bits per heavy atom. The Labute approximate surface area is 69.9 Å². The van der Waals surface area contributed by atoms with E-state index in [0.717, 1.165) is 12.2 Å². The van der Waals surface area contributed by atoms with Gasteiger partial charge in [-0.15, -0.1) is 0 Å². The molecule has 0 bridgehead atoms. The maximum Gasteiger partial charge on any atom is 0.130 e. The monoisotopic (exact) mass is 157 g/mol. The molecule has 0 atom stereocenters. The van der Waals surface area contributed by atoms with E-state index in [9.17, 15) is 0 Å². The average Bonchev–Trinajstić information content (AvgIpc) is 2.10. The van der Waals surface area contributed by atoms with Gasteiger partial charge in [0.15, 0.2) is 0 Å². The Balaban J connectivity index is 0. The Bertz CT molecular complexity index is 117. The molecule has 0 aliphatic rings. The highest BCUT2D eigenvalue weighted by Gasteiger charge is 1.87. The molecule has 0 spiro atoms. The molecule has 0 fully saturated rings. The summed E-state index contributed by atoms with van der Waals surface area (Å²) >= 11 is 0. The molecule has 0 aliphatic heterocycles. The first-order chi connectivity index (χ1) is 5.35. The van der Waals surface area contributed by atoms with E-state index in [1.165, 1.54) is 0 Å². The van der Waals surface area contributed by atoms with Crippen molar-refractivity contribution in [1.82, 2.24) is 0 Å². The van der Waals surface area contributed by atoms with Crippen molar-refractivity contribution in [1.29, 1.82) is 0 Å². The van der Waals surface area contributed by atoms with Crippen LogP contribution in [0.3, 0.4) is 0 Å². The fourth-order valence-electron chi connectivity index (χ4n) is 0.442. The summed E-state index contributed by atoms with van der Waals surface area (Å²) in [5.74, 6) is 0.910. The van der Waals surface area contributed by atoms with Crippen LogP contribution in [0, 0.1) is 0 Å². The van der Waals surface area contributed by atoms with Gasteiger partial charge in [-0.2, -0.15) is 0 Å². The second-order valence-electron chi connectivity index (χ2n) is 1.56. The van der Waals surface area contributed by atoms with Gasteiger partial charge in [0.2, 0.25) is 0 Å². The fraction of sp³-hybridized carbons (Fsp3) is 0.667. The van der Waals surface area contributed by atoms with Gasteiger partial charge in [0.1, 0.15) is 5.76 Å². The van der Waals surface area contributed by atoms with E-state index in [2.05, 4.69) is 5.16 Å².